The van der Waals surface area contributed by atoms with E-state index in [1.807, 2.05) is 19.9 Å². The average Bonchev–Trinajstić information content (AvgIpc) is 2.60. The largest absolute Gasteiger partial charge is 0.367 e. The number of anilines is 1. The van der Waals surface area contributed by atoms with Gasteiger partial charge in [0.2, 0.25) is 0 Å². The highest BCUT2D eigenvalue weighted by molar-refractivity contribution is 6.33. The molecule has 0 aliphatic carbocycles. The van der Waals surface area contributed by atoms with Gasteiger partial charge in [0.25, 0.3) is 0 Å². The van der Waals surface area contributed by atoms with Gasteiger partial charge in [0.1, 0.15) is 5.54 Å². The number of halogens is 1. The van der Waals surface area contributed by atoms with Gasteiger partial charge >= 0.3 is 0 Å². The average molecular weight is 250 g/mol. The molecular formula is C13H16ClN3. The third kappa shape index (κ3) is 2.24. The molecule has 1 unspecified atom stereocenters. The van der Waals surface area contributed by atoms with Gasteiger partial charge in [-0.1, -0.05) is 17.7 Å². The van der Waals surface area contributed by atoms with Crippen molar-refractivity contribution in [1.29, 1.82) is 5.26 Å². The molecule has 0 spiro atoms. The van der Waals surface area contributed by atoms with E-state index in [-0.39, 0.29) is 0 Å². The Bertz CT molecular complexity index is 469. The molecule has 2 N–H and O–H groups in total. The standard InChI is InChI=1S/C13H16ClN3/c1-9-5-10(2)12(11(14)6-9)17-4-3-13(16,7-15)8-17/h5-6H,3-4,8,16H2,1-2H3. The van der Waals surface area contributed by atoms with E-state index in [1.165, 1.54) is 0 Å². The minimum atomic E-state index is -0.735. The lowest BCUT2D eigenvalue weighted by molar-refractivity contribution is 0.606. The molecule has 1 saturated heterocycles. The van der Waals surface area contributed by atoms with Gasteiger partial charge in [-0.3, -0.25) is 0 Å². The first-order valence-electron chi connectivity index (χ1n) is 5.67. The number of nitrogens with two attached hydrogens (primary N) is 1. The Morgan fingerprint density at radius 1 is 1.47 bits per heavy atom. The fourth-order valence-electron chi connectivity index (χ4n) is 2.42. The Kier molecular flexibility index (Phi) is 3.03. The number of nitriles is 1. The number of hydrogen-bond acceptors (Lipinski definition) is 3. The van der Waals surface area contributed by atoms with Crippen LogP contribution in [0.1, 0.15) is 17.5 Å². The number of hydrogen-bond donors (Lipinski definition) is 1. The van der Waals surface area contributed by atoms with Crippen molar-refractivity contribution in [2.24, 2.45) is 5.73 Å². The van der Waals surface area contributed by atoms with Crippen LogP contribution >= 0.6 is 11.6 Å². The van der Waals surface area contributed by atoms with E-state index in [1.54, 1.807) is 0 Å². The zero-order chi connectivity index (χ0) is 12.6. The first-order chi connectivity index (χ1) is 7.95. The van der Waals surface area contributed by atoms with E-state index >= 15 is 0 Å². The van der Waals surface area contributed by atoms with E-state index in [2.05, 4.69) is 17.0 Å². The second kappa shape index (κ2) is 4.21. The fourth-order valence-corrected chi connectivity index (χ4v) is 2.86. The second-order valence-corrected chi connectivity index (χ2v) is 5.26. The van der Waals surface area contributed by atoms with E-state index in [9.17, 15) is 0 Å². The highest BCUT2D eigenvalue weighted by Gasteiger charge is 2.35. The van der Waals surface area contributed by atoms with Gasteiger partial charge in [0, 0.05) is 13.1 Å². The first-order valence-corrected chi connectivity index (χ1v) is 6.05. The summed E-state index contributed by atoms with van der Waals surface area (Å²) in [6, 6.07) is 6.24. The van der Waals surface area contributed by atoms with E-state index < -0.39 is 5.54 Å². The van der Waals surface area contributed by atoms with E-state index in [0.717, 1.165) is 28.4 Å². The minimum absolute atomic E-state index is 0.549. The van der Waals surface area contributed by atoms with Crippen molar-refractivity contribution < 1.29 is 0 Å². The van der Waals surface area contributed by atoms with E-state index in [4.69, 9.17) is 22.6 Å². The zero-order valence-corrected chi connectivity index (χ0v) is 10.9. The third-order valence-electron chi connectivity index (χ3n) is 3.24. The summed E-state index contributed by atoms with van der Waals surface area (Å²) in [5, 5.41) is 9.78. The molecule has 17 heavy (non-hydrogen) atoms. The maximum atomic E-state index is 9.04. The Hall–Kier alpha value is -1.24. The van der Waals surface area contributed by atoms with Crippen molar-refractivity contribution in [2.75, 3.05) is 18.0 Å². The summed E-state index contributed by atoms with van der Waals surface area (Å²) in [5.41, 5.74) is 8.53. The monoisotopic (exact) mass is 249 g/mol. The molecule has 0 saturated carbocycles. The molecule has 4 heteroatoms. The van der Waals surface area contributed by atoms with Crippen LogP contribution in [-0.4, -0.2) is 18.6 Å². The summed E-state index contributed by atoms with van der Waals surface area (Å²) < 4.78 is 0. The van der Waals surface area contributed by atoms with E-state index in [0.29, 0.717) is 13.0 Å². The normalized spacial score (nSPS) is 23.8. The molecule has 1 aromatic rings. The van der Waals surface area contributed by atoms with Crippen molar-refractivity contribution in [2.45, 2.75) is 25.8 Å². The topological polar surface area (TPSA) is 53.0 Å². The number of aryl methyl sites for hydroxylation is 2. The van der Waals surface area contributed by atoms with Gasteiger partial charge < -0.3 is 10.6 Å². The van der Waals surface area contributed by atoms with Gasteiger partial charge in [-0.2, -0.15) is 5.26 Å². The summed E-state index contributed by atoms with van der Waals surface area (Å²) in [6.07, 6.45) is 0.688. The van der Waals surface area contributed by atoms with Gasteiger partial charge in [-0.05, 0) is 37.5 Å². The van der Waals surface area contributed by atoms with Gasteiger partial charge in [-0.15, -0.1) is 0 Å². The second-order valence-electron chi connectivity index (χ2n) is 4.85. The molecule has 1 fully saturated rings. The molecule has 0 aromatic heterocycles. The van der Waals surface area contributed by atoms with Crippen LogP contribution < -0.4 is 10.6 Å². The molecule has 0 amide bonds. The van der Waals surface area contributed by atoms with Crippen LogP contribution in [0.25, 0.3) is 0 Å². The van der Waals surface area contributed by atoms with Crippen molar-refractivity contribution in [3.63, 3.8) is 0 Å². The quantitative estimate of drug-likeness (QED) is 0.832. The zero-order valence-electron chi connectivity index (χ0n) is 10.1. The van der Waals surface area contributed by atoms with Crippen LogP contribution in [0.2, 0.25) is 5.02 Å². The summed E-state index contributed by atoms with van der Waals surface area (Å²) in [5.74, 6) is 0. The maximum Gasteiger partial charge on any atom is 0.123 e. The third-order valence-corrected chi connectivity index (χ3v) is 3.53. The lowest BCUT2D eigenvalue weighted by Crippen LogP contribution is -2.41. The highest BCUT2D eigenvalue weighted by atomic mass is 35.5. The summed E-state index contributed by atoms with van der Waals surface area (Å²) in [4.78, 5) is 2.11. The maximum absolute atomic E-state index is 9.04. The molecule has 1 heterocycles. The van der Waals surface area contributed by atoms with Crippen LogP contribution in [0.4, 0.5) is 5.69 Å². The smallest absolute Gasteiger partial charge is 0.123 e. The van der Waals surface area contributed by atoms with Gasteiger partial charge in [0.05, 0.1) is 16.8 Å². The molecule has 1 aromatic carbocycles. The molecule has 1 atom stereocenters. The van der Waals surface area contributed by atoms with Gasteiger partial charge in [-0.25, -0.2) is 0 Å². The highest BCUT2D eigenvalue weighted by Crippen LogP contribution is 2.34. The molecule has 0 bridgehead atoms. The summed E-state index contributed by atoms with van der Waals surface area (Å²) in [7, 11) is 0. The predicted octanol–water partition coefficient (Wildman–Crippen LogP) is 2.39. The van der Waals surface area contributed by atoms with Crippen molar-refractivity contribution in [3.05, 3.63) is 28.3 Å². The lowest BCUT2D eigenvalue weighted by atomic mass is 10.0. The lowest BCUT2D eigenvalue weighted by Gasteiger charge is -2.23. The number of nitrogens with zero attached hydrogens (tertiary/aromatic N) is 2. The Balaban J connectivity index is 2.35. The summed E-state index contributed by atoms with van der Waals surface area (Å²) >= 11 is 6.29. The van der Waals surface area contributed by atoms with Crippen LogP contribution in [0.5, 0.6) is 0 Å². The Morgan fingerprint density at radius 3 is 2.71 bits per heavy atom. The van der Waals surface area contributed by atoms with Crippen molar-refractivity contribution in [3.8, 4) is 6.07 Å². The molecule has 90 valence electrons. The predicted molar refractivity (Wildman–Crippen MR) is 70.3 cm³/mol. The Morgan fingerprint density at radius 2 is 2.18 bits per heavy atom. The summed E-state index contributed by atoms with van der Waals surface area (Å²) in [6.45, 7) is 5.40. The number of rotatable bonds is 1. The molecule has 3 nitrogen and oxygen atoms in total. The fraction of sp³-hybridized carbons (Fsp3) is 0.462. The minimum Gasteiger partial charge on any atom is -0.367 e. The number of benzene rings is 1. The van der Waals surface area contributed by atoms with Crippen molar-refractivity contribution in [1.82, 2.24) is 0 Å². The van der Waals surface area contributed by atoms with Crippen LogP contribution in [-0.2, 0) is 0 Å². The molecule has 1 aliphatic rings. The molecular weight excluding hydrogens is 234 g/mol. The molecule has 1 aliphatic heterocycles. The first kappa shape index (κ1) is 12.2. The van der Waals surface area contributed by atoms with Crippen LogP contribution in [0.15, 0.2) is 12.1 Å². The molecule has 0 radical (unpaired) electrons. The SMILES string of the molecule is Cc1cc(C)c(N2CCC(N)(C#N)C2)c(Cl)c1. The van der Waals surface area contributed by atoms with Crippen LogP contribution in [0, 0.1) is 25.2 Å². The van der Waals surface area contributed by atoms with Crippen LogP contribution in [0.3, 0.4) is 0 Å². The Labute approximate surface area is 107 Å². The van der Waals surface area contributed by atoms with Gasteiger partial charge in [0.15, 0.2) is 0 Å². The van der Waals surface area contributed by atoms with Crippen molar-refractivity contribution >= 4 is 17.3 Å². The molecule has 2 rings (SSSR count).